The average Bonchev–Trinajstić information content (AvgIpc) is 3.53. The Bertz CT molecular complexity index is 1620. The molecule has 8 nitrogen and oxygen atoms in total. The van der Waals surface area contributed by atoms with Crippen LogP contribution in [0, 0.1) is 0 Å². The summed E-state index contributed by atoms with van der Waals surface area (Å²) in [5.41, 5.74) is 10.6. The summed E-state index contributed by atoms with van der Waals surface area (Å²) >= 11 is 12.7. The smallest absolute Gasteiger partial charge is 0.194 e. The number of hydrogen-bond donors (Lipinski definition) is 1. The van der Waals surface area contributed by atoms with Crippen LogP contribution in [0.1, 0.15) is 33.8 Å². The maximum Gasteiger partial charge on any atom is 0.194 e. The van der Waals surface area contributed by atoms with E-state index in [1.807, 2.05) is 78.3 Å². The molecule has 5 aromatic rings. The minimum absolute atomic E-state index is 0.378. The molecule has 0 aliphatic carbocycles. The molecule has 0 spiro atoms. The summed E-state index contributed by atoms with van der Waals surface area (Å²) in [6, 6.07) is 21.1. The van der Waals surface area contributed by atoms with E-state index in [2.05, 4.69) is 20.5 Å². The fourth-order valence-electron chi connectivity index (χ4n) is 4.70. The van der Waals surface area contributed by atoms with Crippen LogP contribution in [0.3, 0.4) is 0 Å². The van der Waals surface area contributed by atoms with E-state index in [1.165, 1.54) is 0 Å². The molecule has 10 heteroatoms. The van der Waals surface area contributed by atoms with Crippen LogP contribution in [0.4, 0.5) is 0 Å². The number of nitrogens with zero attached hydrogens (tertiary/aromatic N) is 7. The molecular weight excluding hydrogens is 495 g/mol. The highest BCUT2D eigenvalue weighted by Crippen LogP contribution is 2.43. The number of aryl methyl sites for hydroxylation is 1. The summed E-state index contributed by atoms with van der Waals surface area (Å²) < 4.78 is 3.66. The van der Waals surface area contributed by atoms with E-state index in [9.17, 15) is 0 Å². The van der Waals surface area contributed by atoms with Crippen LogP contribution in [0.25, 0.3) is 5.69 Å². The number of fused-ring (bicyclic) bond motifs is 3. The predicted octanol–water partition coefficient (Wildman–Crippen LogP) is 4.30. The molecule has 2 N–H and O–H groups in total. The molecule has 1 atom stereocenters. The first-order chi connectivity index (χ1) is 17.5. The minimum atomic E-state index is -1.15. The molecule has 2 aromatic heterocycles. The summed E-state index contributed by atoms with van der Waals surface area (Å²) in [5.74, 6) is 0.521. The Labute approximate surface area is 217 Å². The Hall–Kier alpha value is -3.85. The molecule has 3 heterocycles. The monoisotopic (exact) mass is 514 g/mol. The van der Waals surface area contributed by atoms with Gasteiger partial charge in [0.2, 0.25) is 0 Å². The summed E-state index contributed by atoms with van der Waals surface area (Å²) in [4.78, 5) is 9.92. The Kier molecular flexibility index (Phi) is 5.44. The van der Waals surface area contributed by atoms with E-state index in [1.54, 1.807) is 17.2 Å². The molecule has 1 aliphatic heterocycles. The van der Waals surface area contributed by atoms with Crippen LogP contribution in [0.5, 0.6) is 0 Å². The van der Waals surface area contributed by atoms with E-state index >= 15 is 0 Å². The molecule has 36 heavy (non-hydrogen) atoms. The third-order valence-corrected chi connectivity index (χ3v) is 6.89. The Morgan fingerprint density at radius 1 is 0.972 bits per heavy atom. The number of tetrazole rings is 1. The maximum absolute atomic E-state index is 6.45. The molecule has 1 unspecified atom stereocenters. The van der Waals surface area contributed by atoms with Crippen molar-refractivity contribution in [3.05, 3.63) is 123 Å². The van der Waals surface area contributed by atoms with Crippen molar-refractivity contribution in [1.82, 2.24) is 29.8 Å². The topological polar surface area (TPSA) is 99.8 Å². The molecule has 0 amide bonds. The van der Waals surface area contributed by atoms with Gasteiger partial charge in [-0.3, -0.25) is 4.99 Å². The van der Waals surface area contributed by atoms with Crippen molar-refractivity contribution < 1.29 is 0 Å². The van der Waals surface area contributed by atoms with Crippen molar-refractivity contribution in [3.63, 3.8) is 0 Å². The summed E-state index contributed by atoms with van der Waals surface area (Å²) in [7, 11) is 1.92. The lowest BCUT2D eigenvalue weighted by Crippen LogP contribution is -2.33. The molecular formula is C26H20Cl2N8. The number of halogens is 2. The summed E-state index contributed by atoms with van der Waals surface area (Å²) in [5, 5.41) is 14.2. The molecule has 178 valence electrons. The molecule has 1 aliphatic rings. The quantitative estimate of drug-likeness (QED) is 0.385. The lowest BCUT2D eigenvalue weighted by Gasteiger charge is -2.29. The highest BCUT2D eigenvalue weighted by atomic mass is 35.5. The second-order valence-electron chi connectivity index (χ2n) is 8.55. The van der Waals surface area contributed by atoms with E-state index in [0.717, 1.165) is 33.6 Å². The zero-order valence-corrected chi connectivity index (χ0v) is 20.7. The molecule has 3 aromatic carbocycles. The summed E-state index contributed by atoms with van der Waals surface area (Å²) in [6.45, 7) is 0.378. The third kappa shape index (κ3) is 3.45. The first-order valence-corrected chi connectivity index (χ1v) is 12.0. The van der Waals surface area contributed by atoms with Gasteiger partial charge in [0.1, 0.15) is 0 Å². The van der Waals surface area contributed by atoms with Crippen molar-refractivity contribution in [1.29, 1.82) is 0 Å². The second-order valence-corrected chi connectivity index (χ2v) is 9.42. The van der Waals surface area contributed by atoms with Gasteiger partial charge in [0.25, 0.3) is 0 Å². The van der Waals surface area contributed by atoms with E-state index in [-0.39, 0.29) is 0 Å². The molecule has 0 bridgehead atoms. The number of nitrogens with two attached hydrogens (primary N) is 1. The van der Waals surface area contributed by atoms with Gasteiger partial charge in [0, 0.05) is 34.8 Å². The number of hydrogen-bond acceptors (Lipinski definition) is 6. The van der Waals surface area contributed by atoms with Gasteiger partial charge in [-0.1, -0.05) is 53.5 Å². The second kappa shape index (κ2) is 8.67. The standard InChI is InChI=1S/C26H20Cl2N8/c1-35-15-30-14-23(35)26(18-6-8-19(27)9-7-18)25-32-33-34-36(25)22-10-5-16(13-29)11-21(22)24(31-26)17-3-2-4-20(28)12-17/h2-12,14-15H,13,29H2,1H3. The average molecular weight is 515 g/mol. The highest BCUT2D eigenvalue weighted by Gasteiger charge is 2.46. The number of imidazole rings is 1. The van der Waals surface area contributed by atoms with Crippen molar-refractivity contribution in [2.75, 3.05) is 0 Å². The van der Waals surface area contributed by atoms with Gasteiger partial charge in [-0.2, -0.15) is 4.68 Å². The SMILES string of the molecule is Cn1cncc1C1(c2ccc(Cl)cc2)N=C(c2cccc(Cl)c2)c2cc(CN)ccc2-n2nnnc21. The molecule has 0 fully saturated rings. The van der Waals surface area contributed by atoms with E-state index in [0.29, 0.717) is 28.1 Å². The third-order valence-electron chi connectivity index (χ3n) is 6.40. The van der Waals surface area contributed by atoms with Gasteiger partial charge in [-0.05, 0) is 58.0 Å². The minimum Gasteiger partial charge on any atom is -0.335 e. The van der Waals surface area contributed by atoms with Gasteiger partial charge < -0.3 is 10.3 Å². The Morgan fingerprint density at radius 3 is 2.53 bits per heavy atom. The van der Waals surface area contributed by atoms with Crippen LogP contribution in [0.15, 0.2) is 84.2 Å². The number of benzene rings is 3. The lowest BCUT2D eigenvalue weighted by atomic mass is 9.85. The molecule has 6 rings (SSSR count). The Balaban J connectivity index is 1.80. The largest absolute Gasteiger partial charge is 0.335 e. The van der Waals surface area contributed by atoms with Crippen LogP contribution in [-0.2, 0) is 19.1 Å². The summed E-state index contributed by atoms with van der Waals surface area (Å²) in [6.07, 6.45) is 3.52. The van der Waals surface area contributed by atoms with E-state index < -0.39 is 5.54 Å². The van der Waals surface area contributed by atoms with Gasteiger partial charge in [0.15, 0.2) is 11.4 Å². The molecule has 0 radical (unpaired) electrons. The Morgan fingerprint density at radius 2 is 1.81 bits per heavy atom. The first-order valence-electron chi connectivity index (χ1n) is 11.2. The maximum atomic E-state index is 6.45. The zero-order valence-electron chi connectivity index (χ0n) is 19.2. The lowest BCUT2D eigenvalue weighted by molar-refractivity contribution is 0.547. The fraction of sp³-hybridized carbons (Fsp3) is 0.115. The van der Waals surface area contributed by atoms with Gasteiger partial charge in [0.05, 0.1) is 29.6 Å². The number of aromatic nitrogens is 6. The number of aliphatic imine (C=N–C) groups is 1. The van der Waals surface area contributed by atoms with Crippen molar-refractivity contribution in [2.24, 2.45) is 17.8 Å². The van der Waals surface area contributed by atoms with Gasteiger partial charge in [-0.25, -0.2) is 4.98 Å². The molecule has 0 saturated heterocycles. The van der Waals surface area contributed by atoms with Gasteiger partial charge in [-0.15, -0.1) is 5.10 Å². The molecule has 0 saturated carbocycles. The van der Waals surface area contributed by atoms with Crippen molar-refractivity contribution >= 4 is 28.9 Å². The first kappa shape index (κ1) is 22.6. The van der Waals surface area contributed by atoms with Crippen LogP contribution in [-0.4, -0.2) is 35.5 Å². The predicted molar refractivity (Wildman–Crippen MR) is 139 cm³/mol. The zero-order chi connectivity index (χ0) is 24.9. The van der Waals surface area contributed by atoms with Crippen LogP contribution in [0.2, 0.25) is 10.0 Å². The van der Waals surface area contributed by atoms with E-state index in [4.69, 9.17) is 33.9 Å². The van der Waals surface area contributed by atoms with Crippen molar-refractivity contribution in [3.8, 4) is 5.69 Å². The highest BCUT2D eigenvalue weighted by molar-refractivity contribution is 6.31. The van der Waals surface area contributed by atoms with Gasteiger partial charge >= 0.3 is 0 Å². The number of rotatable bonds is 4. The fourth-order valence-corrected chi connectivity index (χ4v) is 5.02. The van der Waals surface area contributed by atoms with Crippen LogP contribution < -0.4 is 5.73 Å². The van der Waals surface area contributed by atoms with Crippen LogP contribution >= 0.6 is 23.2 Å². The van der Waals surface area contributed by atoms with Crippen molar-refractivity contribution in [2.45, 2.75) is 12.1 Å². The normalized spacial score (nSPS) is 16.7.